The predicted octanol–water partition coefficient (Wildman–Crippen LogP) is 5.13. The van der Waals surface area contributed by atoms with Gasteiger partial charge in [0.05, 0.1) is 18.4 Å². The molecule has 0 aliphatic rings. The Labute approximate surface area is 172 Å². The number of hydrogen-bond donors (Lipinski definition) is 1. The van der Waals surface area contributed by atoms with Gasteiger partial charge in [-0.15, -0.1) is 11.3 Å². The van der Waals surface area contributed by atoms with Crippen LogP contribution in [0.3, 0.4) is 0 Å². The molecule has 0 bridgehead atoms. The minimum absolute atomic E-state index is 0.155. The highest BCUT2D eigenvalue weighted by Crippen LogP contribution is 2.29. The Morgan fingerprint density at radius 3 is 2.29 bits per heavy atom. The molecule has 1 aromatic heterocycles. The molecular formula is C22H31NO4S. The summed E-state index contributed by atoms with van der Waals surface area (Å²) in [5.74, 6) is 0.290. The second-order valence-electron chi connectivity index (χ2n) is 6.23. The quantitative estimate of drug-likeness (QED) is 0.649. The Balaban J connectivity index is 0.00000190. The maximum atomic E-state index is 12.1. The van der Waals surface area contributed by atoms with Crippen molar-refractivity contribution in [3.05, 3.63) is 50.7 Å². The van der Waals surface area contributed by atoms with E-state index in [4.69, 9.17) is 4.74 Å². The molecule has 5 nitrogen and oxygen atoms in total. The summed E-state index contributed by atoms with van der Waals surface area (Å²) in [5, 5.41) is 2.72. The van der Waals surface area contributed by atoms with Crippen LogP contribution in [0.15, 0.2) is 24.3 Å². The van der Waals surface area contributed by atoms with E-state index in [0.717, 1.165) is 10.6 Å². The van der Waals surface area contributed by atoms with E-state index in [2.05, 4.69) is 30.8 Å². The first-order valence-corrected chi connectivity index (χ1v) is 10.3. The minimum Gasteiger partial charge on any atom is -0.485 e. The second kappa shape index (κ2) is 11.5. The van der Waals surface area contributed by atoms with Gasteiger partial charge in [0.1, 0.15) is 11.9 Å². The van der Waals surface area contributed by atoms with E-state index in [1.54, 1.807) is 6.07 Å². The van der Waals surface area contributed by atoms with E-state index >= 15 is 0 Å². The largest absolute Gasteiger partial charge is 0.485 e. The second-order valence-corrected chi connectivity index (χ2v) is 7.34. The SMILES string of the molecule is CC.COC(=O)CCNC(=O)c1ccc(C(C)Oc2cc(C)c(C)c(C)c2)s1. The van der Waals surface area contributed by atoms with Crippen LogP contribution in [0, 0.1) is 20.8 Å². The molecule has 0 aliphatic carbocycles. The smallest absolute Gasteiger partial charge is 0.307 e. The number of carbonyl (C=O) groups excluding carboxylic acids is 2. The van der Waals surface area contributed by atoms with Gasteiger partial charge in [0.25, 0.3) is 5.91 Å². The number of ether oxygens (including phenoxy) is 2. The van der Waals surface area contributed by atoms with E-state index in [9.17, 15) is 9.59 Å². The van der Waals surface area contributed by atoms with Gasteiger partial charge in [0, 0.05) is 11.4 Å². The average Bonchev–Trinajstić information content (AvgIpc) is 3.18. The average molecular weight is 406 g/mol. The number of thiophene rings is 1. The zero-order valence-electron chi connectivity index (χ0n) is 17.8. The summed E-state index contributed by atoms with van der Waals surface area (Å²) in [6.07, 6.45) is 0.00433. The fourth-order valence-electron chi connectivity index (χ4n) is 2.49. The van der Waals surface area contributed by atoms with Crippen LogP contribution in [-0.2, 0) is 9.53 Å². The van der Waals surface area contributed by atoms with E-state index in [0.29, 0.717) is 4.88 Å². The Kier molecular flexibility index (Phi) is 9.73. The Hall–Kier alpha value is -2.34. The van der Waals surface area contributed by atoms with Gasteiger partial charge in [0.2, 0.25) is 0 Å². The molecule has 1 unspecified atom stereocenters. The first kappa shape index (κ1) is 23.7. The van der Waals surface area contributed by atoms with Crippen LogP contribution in [0.25, 0.3) is 0 Å². The fraction of sp³-hybridized carbons (Fsp3) is 0.455. The van der Waals surface area contributed by atoms with Crippen LogP contribution >= 0.6 is 11.3 Å². The Morgan fingerprint density at radius 1 is 1.11 bits per heavy atom. The topological polar surface area (TPSA) is 64.6 Å². The van der Waals surface area contributed by atoms with Gasteiger partial charge in [-0.25, -0.2) is 0 Å². The van der Waals surface area contributed by atoms with Gasteiger partial charge in [-0.05, 0) is 68.7 Å². The molecule has 0 fully saturated rings. The molecule has 0 aliphatic heterocycles. The number of carbonyl (C=O) groups is 2. The number of methoxy groups -OCH3 is 1. The molecule has 0 saturated carbocycles. The summed E-state index contributed by atoms with van der Waals surface area (Å²) in [6, 6.07) is 7.75. The number of benzene rings is 1. The lowest BCUT2D eigenvalue weighted by molar-refractivity contribution is -0.140. The first-order chi connectivity index (χ1) is 13.3. The van der Waals surface area contributed by atoms with Crippen molar-refractivity contribution in [2.75, 3.05) is 13.7 Å². The van der Waals surface area contributed by atoms with Gasteiger partial charge in [-0.2, -0.15) is 0 Å². The molecule has 0 radical (unpaired) electrons. The van der Waals surface area contributed by atoms with Gasteiger partial charge in [0.15, 0.2) is 0 Å². The molecule has 0 saturated heterocycles. The third-order valence-corrected chi connectivity index (χ3v) is 5.55. The summed E-state index contributed by atoms with van der Waals surface area (Å²) in [4.78, 5) is 24.8. The number of esters is 1. The maximum Gasteiger partial charge on any atom is 0.307 e. The molecule has 1 amide bonds. The van der Waals surface area contributed by atoms with E-state index in [-0.39, 0.29) is 30.9 Å². The van der Waals surface area contributed by atoms with Crippen LogP contribution in [0.2, 0.25) is 0 Å². The molecule has 1 heterocycles. The summed E-state index contributed by atoms with van der Waals surface area (Å²) in [5.41, 5.74) is 3.67. The lowest BCUT2D eigenvalue weighted by Crippen LogP contribution is -2.25. The lowest BCUT2D eigenvalue weighted by atomic mass is 10.0. The third-order valence-electron chi connectivity index (χ3n) is 4.31. The zero-order chi connectivity index (χ0) is 21.3. The Morgan fingerprint density at radius 2 is 1.71 bits per heavy atom. The summed E-state index contributed by atoms with van der Waals surface area (Å²) >= 11 is 1.39. The molecule has 2 rings (SSSR count). The molecule has 154 valence electrons. The number of rotatable bonds is 7. The lowest BCUT2D eigenvalue weighted by Gasteiger charge is -2.15. The van der Waals surface area contributed by atoms with E-state index in [1.807, 2.05) is 39.0 Å². The number of amides is 1. The molecule has 1 aromatic carbocycles. The van der Waals surface area contributed by atoms with Crippen molar-refractivity contribution in [2.45, 2.75) is 54.1 Å². The van der Waals surface area contributed by atoms with E-state index in [1.165, 1.54) is 35.1 Å². The van der Waals surface area contributed by atoms with Crippen LogP contribution in [0.1, 0.15) is 64.5 Å². The molecular weight excluding hydrogens is 374 g/mol. The molecule has 1 N–H and O–H groups in total. The van der Waals surface area contributed by atoms with Crippen LogP contribution in [0.4, 0.5) is 0 Å². The van der Waals surface area contributed by atoms with Crippen molar-refractivity contribution in [1.82, 2.24) is 5.32 Å². The normalized spacial score (nSPS) is 11.1. The zero-order valence-corrected chi connectivity index (χ0v) is 18.7. The van der Waals surface area contributed by atoms with Crippen molar-refractivity contribution < 1.29 is 19.1 Å². The van der Waals surface area contributed by atoms with Gasteiger partial charge in [-0.1, -0.05) is 13.8 Å². The summed E-state index contributed by atoms with van der Waals surface area (Å²) in [6.45, 7) is 12.5. The number of aryl methyl sites for hydroxylation is 2. The third kappa shape index (κ3) is 6.68. The van der Waals surface area contributed by atoms with Crippen molar-refractivity contribution in [1.29, 1.82) is 0 Å². The molecule has 6 heteroatoms. The van der Waals surface area contributed by atoms with Crippen molar-refractivity contribution in [2.24, 2.45) is 0 Å². The fourth-order valence-corrected chi connectivity index (χ4v) is 3.39. The highest BCUT2D eigenvalue weighted by Gasteiger charge is 2.15. The summed E-state index contributed by atoms with van der Waals surface area (Å²) < 4.78 is 10.6. The maximum absolute atomic E-state index is 12.1. The summed E-state index contributed by atoms with van der Waals surface area (Å²) in [7, 11) is 1.33. The first-order valence-electron chi connectivity index (χ1n) is 9.51. The number of hydrogen-bond acceptors (Lipinski definition) is 5. The minimum atomic E-state index is -0.345. The van der Waals surface area contributed by atoms with Crippen LogP contribution < -0.4 is 10.1 Å². The van der Waals surface area contributed by atoms with Crippen molar-refractivity contribution in [3.8, 4) is 5.75 Å². The van der Waals surface area contributed by atoms with Crippen LogP contribution in [0.5, 0.6) is 5.75 Å². The predicted molar refractivity (Wildman–Crippen MR) is 114 cm³/mol. The van der Waals surface area contributed by atoms with Gasteiger partial charge >= 0.3 is 5.97 Å². The monoisotopic (exact) mass is 405 g/mol. The molecule has 1 atom stereocenters. The van der Waals surface area contributed by atoms with Gasteiger partial charge in [-0.3, -0.25) is 9.59 Å². The van der Waals surface area contributed by atoms with E-state index < -0.39 is 0 Å². The van der Waals surface area contributed by atoms with Crippen LogP contribution in [-0.4, -0.2) is 25.5 Å². The number of nitrogens with one attached hydrogen (secondary N) is 1. The Bertz CT molecular complexity index is 775. The van der Waals surface area contributed by atoms with Crippen molar-refractivity contribution in [3.63, 3.8) is 0 Å². The van der Waals surface area contributed by atoms with Crippen molar-refractivity contribution >= 4 is 23.2 Å². The molecule has 28 heavy (non-hydrogen) atoms. The molecule has 2 aromatic rings. The standard InChI is InChI=1S/C20H25NO4S.C2H6/c1-12-10-16(11-13(2)14(12)3)25-15(4)17-6-7-18(26-17)20(23)21-9-8-19(22)24-5;1-2/h6-7,10-11,15H,8-9H2,1-5H3,(H,21,23);1-2H3. The van der Waals surface area contributed by atoms with Gasteiger partial charge < -0.3 is 14.8 Å². The molecule has 0 spiro atoms. The highest BCUT2D eigenvalue weighted by molar-refractivity contribution is 7.14. The highest BCUT2D eigenvalue weighted by atomic mass is 32.1.